The monoisotopic (exact) mass is 904 g/mol. The average molecular weight is 904 g/mol. The molecule has 0 bridgehead atoms. The lowest BCUT2D eigenvalue weighted by molar-refractivity contribution is -0.302. The van der Waals surface area contributed by atoms with Crippen LogP contribution < -0.4 is 5.32 Å². The quantitative estimate of drug-likeness (QED) is 0.0261. The van der Waals surface area contributed by atoms with Crippen molar-refractivity contribution in [2.24, 2.45) is 0 Å². The Hall–Kier alpha value is -1.85. The molecule has 0 aromatic carbocycles. The zero-order chi connectivity index (χ0) is 46.6. The number of allylic oxidation sites excluding steroid dienone is 7. The molecule has 6 N–H and O–H groups in total. The van der Waals surface area contributed by atoms with E-state index in [1.807, 2.05) is 6.08 Å². The Kier molecular flexibility index (Phi) is 42.3. The van der Waals surface area contributed by atoms with E-state index >= 15 is 0 Å². The molecule has 1 aliphatic rings. The van der Waals surface area contributed by atoms with Gasteiger partial charge in [0.05, 0.1) is 25.4 Å². The molecule has 1 amide bonds. The molecule has 1 fully saturated rings. The number of aliphatic hydroxyl groups is 5. The van der Waals surface area contributed by atoms with Crippen molar-refractivity contribution in [3.05, 3.63) is 48.6 Å². The van der Waals surface area contributed by atoms with Gasteiger partial charge in [-0.25, -0.2) is 0 Å². The molecule has 374 valence electrons. The van der Waals surface area contributed by atoms with Crippen LogP contribution in [0, 0.1) is 0 Å². The molecule has 1 aliphatic heterocycles. The highest BCUT2D eigenvalue weighted by Crippen LogP contribution is 2.23. The third-order valence-electron chi connectivity index (χ3n) is 12.6. The van der Waals surface area contributed by atoms with Gasteiger partial charge in [0.2, 0.25) is 5.91 Å². The van der Waals surface area contributed by atoms with Crippen molar-refractivity contribution >= 4 is 5.91 Å². The summed E-state index contributed by atoms with van der Waals surface area (Å²) >= 11 is 0. The second-order valence-corrected chi connectivity index (χ2v) is 18.6. The van der Waals surface area contributed by atoms with Crippen LogP contribution in [0.4, 0.5) is 0 Å². The lowest BCUT2D eigenvalue weighted by atomic mass is 9.99. The molecule has 1 saturated heterocycles. The summed E-state index contributed by atoms with van der Waals surface area (Å²) in [6.07, 6.45) is 51.9. The molecule has 0 spiro atoms. The van der Waals surface area contributed by atoms with Crippen LogP contribution in [0.3, 0.4) is 0 Å². The zero-order valence-electron chi connectivity index (χ0n) is 41.3. The van der Waals surface area contributed by atoms with Crippen LogP contribution in [-0.2, 0) is 14.3 Å². The highest BCUT2D eigenvalue weighted by Gasteiger charge is 2.44. The van der Waals surface area contributed by atoms with Gasteiger partial charge in [0, 0.05) is 6.42 Å². The van der Waals surface area contributed by atoms with E-state index < -0.39 is 49.5 Å². The van der Waals surface area contributed by atoms with Gasteiger partial charge in [-0.2, -0.15) is 0 Å². The Labute approximate surface area is 393 Å². The summed E-state index contributed by atoms with van der Waals surface area (Å²) in [6.45, 7) is 3.71. The van der Waals surface area contributed by atoms with E-state index in [0.717, 1.165) is 51.4 Å². The number of nitrogens with one attached hydrogen (secondary N) is 1. The van der Waals surface area contributed by atoms with Gasteiger partial charge in [0.25, 0.3) is 0 Å². The van der Waals surface area contributed by atoms with Crippen LogP contribution >= 0.6 is 0 Å². The summed E-state index contributed by atoms with van der Waals surface area (Å²) in [7, 11) is 0. The van der Waals surface area contributed by atoms with Crippen molar-refractivity contribution in [3.8, 4) is 0 Å². The van der Waals surface area contributed by atoms with E-state index in [0.29, 0.717) is 6.42 Å². The molecule has 0 aliphatic carbocycles. The molecule has 9 nitrogen and oxygen atoms in total. The van der Waals surface area contributed by atoms with Crippen LogP contribution in [0.2, 0.25) is 0 Å². The molecule has 0 aromatic rings. The summed E-state index contributed by atoms with van der Waals surface area (Å²) in [5.41, 5.74) is 0. The molecule has 0 saturated carbocycles. The van der Waals surface area contributed by atoms with E-state index in [2.05, 4.69) is 55.6 Å². The summed E-state index contributed by atoms with van der Waals surface area (Å²) in [4.78, 5) is 13.0. The topological polar surface area (TPSA) is 149 Å². The summed E-state index contributed by atoms with van der Waals surface area (Å²) in [5.74, 6) is -0.191. The van der Waals surface area contributed by atoms with Crippen LogP contribution in [0.15, 0.2) is 48.6 Å². The predicted octanol–water partition coefficient (Wildman–Crippen LogP) is 12.6. The van der Waals surface area contributed by atoms with Gasteiger partial charge in [-0.3, -0.25) is 4.79 Å². The smallest absolute Gasteiger partial charge is 0.220 e. The van der Waals surface area contributed by atoms with Crippen molar-refractivity contribution in [2.45, 2.75) is 281 Å². The lowest BCUT2D eigenvalue weighted by Gasteiger charge is -2.40. The minimum Gasteiger partial charge on any atom is -0.394 e. The van der Waals surface area contributed by atoms with E-state index in [-0.39, 0.29) is 12.5 Å². The molecule has 7 unspecified atom stereocenters. The standard InChI is InChI=1S/C55H101NO8/c1-3-5-7-9-11-13-15-17-18-19-20-21-22-23-24-25-26-27-28-29-30-31-32-33-35-37-39-41-43-45-51(59)56-48(47-63-55-54(62)53(61)52(60)50(46-57)64-55)49(58)44-42-40-38-36-34-16-14-12-10-8-6-4-2/h10,12,19-20,34,36,42,44,48-50,52-55,57-58,60-62H,3-9,11,13-18,21-33,35,37-41,43,45-47H2,1-2H3,(H,56,59)/b12-10+,20-19-,36-34+,44-42+. The van der Waals surface area contributed by atoms with Gasteiger partial charge in [-0.1, -0.05) is 217 Å². The molecule has 1 rings (SSSR count). The Balaban J connectivity index is 2.17. The summed E-state index contributed by atoms with van der Waals surface area (Å²) < 4.78 is 11.2. The fourth-order valence-corrected chi connectivity index (χ4v) is 8.29. The molecule has 0 radical (unpaired) electrons. The van der Waals surface area contributed by atoms with Gasteiger partial charge >= 0.3 is 0 Å². The zero-order valence-corrected chi connectivity index (χ0v) is 41.3. The van der Waals surface area contributed by atoms with Gasteiger partial charge in [0.15, 0.2) is 6.29 Å². The van der Waals surface area contributed by atoms with Crippen LogP contribution in [-0.4, -0.2) is 87.5 Å². The fourth-order valence-electron chi connectivity index (χ4n) is 8.29. The first-order valence-electron chi connectivity index (χ1n) is 26.9. The number of rotatable bonds is 45. The second-order valence-electron chi connectivity index (χ2n) is 18.6. The van der Waals surface area contributed by atoms with Gasteiger partial charge in [-0.05, 0) is 64.2 Å². The highest BCUT2D eigenvalue weighted by atomic mass is 16.7. The van der Waals surface area contributed by atoms with E-state index in [1.165, 1.54) is 167 Å². The largest absolute Gasteiger partial charge is 0.394 e. The maximum Gasteiger partial charge on any atom is 0.220 e. The first kappa shape index (κ1) is 60.2. The molecule has 0 aromatic heterocycles. The SMILES string of the molecule is CCCC/C=C/CC/C=C/CC/C=C/C(O)C(COC1OC(CO)C(O)C(O)C1O)NC(=O)CCCCCCCCCCCCCCCCCCC/C=C\CCCCCCCCCC. The Morgan fingerprint density at radius 1 is 0.516 bits per heavy atom. The van der Waals surface area contributed by atoms with Crippen molar-refractivity contribution in [2.75, 3.05) is 13.2 Å². The van der Waals surface area contributed by atoms with Crippen molar-refractivity contribution in [1.82, 2.24) is 5.32 Å². The Morgan fingerprint density at radius 2 is 0.906 bits per heavy atom. The number of ether oxygens (including phenoxy) is 2. The predicted molar refractivity (Wildman–Crippen MR) is 267 cm³/mol. The van der Waals surface area contributed by atoms with Crippen LogP contribution in [0.1, 0.15) is 239 Å². The van der Waals surface area contributed by atoms with Crippen LogP contribution in [0.25, 0.3) is 0 Å². The minimum absolute atomic E-state index is 0.191. The molecule has 1 heterocycles. The first-order valence-corrected chi connectivity index (χ1v) is 26.9. The molecular formula is C55H101NO8. The number of carbonyl (C=O) groups is 1. The molecule has 9 heteroatoms. The van der Waals surface area contributed by atoms with E-state index in [1.54, 1.807) is 6.08 Å². The minimum atomic E-state index is -1.57. The highest BCUT2D eigenvalue weighted by molar-refractivity contribution is 5.76. The third-order valence-corrected chi connectivity index (χ3v) is 12.6. The second kappa shape index (κ2) is 45.0. The Morgan fingerprint density at radius 3 is 1.36 bits per heavy atom. The van der Waals surface area contributed by atoms with E-state index in [9.17, 15) is 30.3 Å². The normalized spacial score (nSPS) is 20.4. The van der Waals surface area contributed by atoms with Gasteiger partial charge in [-0.15, -0.1) is 0 Å². The summed E-state index contributed by atoms with van der Waals surface area (Å²) in [6, 6.07) is -0.826. The van der Waals surface area contributed by atoms with E-state index in [4.69, 9.17) is 9.47 Å². The number of carbonyl (C=O) groups excluding carboxylic acids is 1. The van der Waals surface area contributed by atoms with Crippen molar-refractivity contribution in [1.29, 1.82) is 0 Å². The number of hydrogen-bond acceptors (Lipinski definition) is 8. The first-order chi connectivity index (χ1) is 31.3. The van der Waals surface area contributed by atoms with Crippen molar-refractivity contribution in [3.63, 3.8) is 0 Å². The molecular weight excluding hydrogens is 803 g/mol. The van der Waals surface area contributed by atoms with Gasteiger partial charge < -0.3 is 40.3 Å². The number of amides is 1. The maximum absolute atomic E-state index is 13.0. The number of unbranched alkanes of at least 4 members (excludes halogenated alkanes) is 29. The van der Waals surface area contributed by atoms with Crippen LogP contribution in [0.5, 0.6) is 0 Å². The maximum atomic E-state index is 13.0. The summed E-state index contributed by atoms with van der Waals surface area (Å²) in [5, 5.41) is 54.2. The molecule has 64 heavy (non-hydrogen) atoms. The Bertz CT molecular complexity index is 1140. The third kappa shape index (κ3) is 34.5. The average Bonchev–Trinajstić information content (AvgIpc) is 3.29. The fraction of sp³-hybridized carbons (Fsp3) is 0.836. The number of aliphatic hydroxyl groups excluding tert-OH is 5. The number of hydrogen-bond donors (Lipinski definition) is 6. The van der Waals surface area contributed by atoms with Crippen molar-refractivity contribution < 1.29 is 39.8 Å². The molecule has 7 atom stereocenters. The lowest BCUT2D eigenvalue weighted by Crippen LogP contribution is -2.60. The van der Waals surface area contributed by atoms with Gasteiger partial charge in [0.1, 0.15) is 24.4 Å².